The molecular formula is C20H16BrF3N2O4. The first kappa shape index (κ1) is 20.7. The third kappa shape index (κ3) is 3.77. The van der Waals surface area contributed by atoms with Crippen LogP contribution in [0.5, 0.6) is 11.5 Å². The van der Waals surface area contributed by atoms with Crippen LogP contribution in [-0.4, -0.2) is 40.4 Å². The minimum absolute atomic E-state index is 0.0150. The number of carbonyl (C=O) groups is 1. The summed E-state index contributed by atoms with van der Waals surface area (Å²) in [5.41, 5.74) is -2.31. The van der Waals surface area contributed by atoms with Gasteiger partial charge in [-0.1, -0.05) is 34.1 Å². The van der Waals surface area contributed by atoms with Gasteiger partial charge >= 0.3 is 6.18 Å². The molecule has 0 bridgehead atoms. The summed E-state index contributed by atoms with van der Waals surface area (Å²) >= 11 is 3.25. The molecule has 158 valence electrons. The molecule has 4 rings (SSSR count). The van der Waals surface area contributed by atoms with E-state index in [1.54, 1.807) is 42.5 Å². The first-order chi connectivity index (χ1) is 14.2. The Bertz CT molecular complexity index is 1010. The van der Waals surface area contributed by atoms with Gasteiger partial charge in [0, 0.05) is 10.9 Å². The molecule has 2 aromatic carbocycles. The SMILES string of the molecule is O=C(CCc1ccc2c(c1)OCO2)N1N=C(c2ccc(Br)cc2)C[C@]1(O)C(F)(F)F. The first-order valence-corrected chi connectivity index (χ1v) is 9.81. The maximum Gasteiger partial charge on any atom is 0.438 e. The molecule has 0 fully saturated rings. The Morgan fingerprint density at radius 3 is 2.57 bits per heavy atom. The van der Waals surface area contributed by atoms with E-state index in [0.29, 0.717) is 22.6 Å². The normalized spacial score (nSPS) is 20.4. The van der Waals surface area contributed by atoms with Crippen molar-refractivity contribution in [2.24, 2.45) is 5.10 Å². The quantitative estimate of drug-likeness (QED) is 0.711. The molecule has 0 aromatic heterocycles. The van der Waals surface area contributed by atoms with Gasteiger partial charge in [-0.3, -0.25) is 4.79 Å². The van der Waals surface area contributed by atoms with Gasteiger partial charge in [0.1, 0.15) is 0 Å². The lowest BCUT2D eigenvalue weighted by molar-refractivity contribution is -0.302. The molecule has 2 heterocycles. The van der Waals surface area contributed by atoms with Crippen molar-refractivity contribution in [1.29, 1.82) is 0 Å². The molecule has 2 aliphatic rings. The van der Waals surface area contributed by atoms with E-state index in [9.17, 15) is 23.1 Å². The van der Waals surface area contributed by atoms with Gasteiger partial charge in [0.05, 0.1) is 12.1 Å². The number of benzene rings is 2. The summed E-state index contributed by atoms with van der Waals surface area (Å²) in [6.45, 7) is 0.0949. The number of hydrogen-bond donors (Lipinski definition) is 1. The molecule has 10 heteroatoms. The maximum absolute atomic E-state index is 13.7. The van der Waals surface area contributed by atoms with Gasteiger partial charge in [0.25, 0.3) is 5.72 Å². The van der Waals surface area contributed by atoms with Crippen LogP contribution >= 0.6 is 15.9 Å². The van der Waals surface area contributed by atoms with E-state index in [-0.39, 0.29) is 30.4 Å². The smallest absolute Gasteiger partial charge is 0.438 e. The zero-order chi connectivity index (χ0) is 21.5. The zero-order valence-electron chi connectivity index (χ0n) is 15.4. The standard InChI is InChI=1S/C20H16BrF3N2O4/c21-14-5-3-13(4-6-14)15-10-19(28,20(22,23)24)26(25-15)18(27)8-2-12-1-7-16-17(9-12)30-11-29-16/h1,3-7,9,28H,2,8,10-11H2/t19-/m0/s1. The number of rotatable bonds is 4. The average molecular weight is 485 g/mol. The Morgan fingerprint density at radius 1 is 1.17 bits per heavy atom. The van der Waals surface area contributed by atoms with Crippen LogP contribution < -0.4 is 9.47 Å². The summed E-state index contributed by atoms with van der Waals surface area (Å²) in [5, 5.41) is 14.4. The van der Waals surface area contributed by atoms with Crippen molar-refractivity contribution in [3.8, 4) is 11.5 Å². The second kappa shape index (κ2) is 7.59. The van der Waals surface area contributed by atoms with Crippen molar-refractivity contribution >= 4 is 27.5 Å². The molecule has 2 aliphatic heterocycles. The molecule has 1 amide bonds. The molecular weight excluding hydrogens is 469 g/mol. The van der Waals surface area contributed by atoms with Gasteiger partial charge in [0.15, 0.2) is 11.5 Å². The van der Waals surface area contributed by atoms with Crippen LogP contribution in [0.15, 0.2) is 52.0 Å². The van der Waals surface area contributed by atoms with Crippen LogP contribution in [0.1, 0.15) is 24.0 Å². The molecule has 2 aromatic rings. The average Bonchev–Trinajstić information content (AvgIpc) is 3.31. The minimum atomic E-state index is -5.07. The number of amides is 1. The molecule has 6 nitrogen and oxygen atoms in total. The number of carbonyl (C=O) groups excluding carboxylic acids is 1. The zero-order valence-corrected chi connectivity index (χ0v) is 17.0. The van der Waals surface area contributed by atoms with E-state index in [1.807, 2.05) is 0 Å². The van der Waals surface area contributed by atoms with Crippen LogP contribution in [0.4, 0.5) is 13.2 Å². The Balaban J connectivity index is 1.55. The van der Waals surface area contributed by atoms with Gasteiger partial charge in [-0.05, 0) is 41.8 Å². The highest BCUT2D eigenvalue weighted by molar-refractivity contribution is 9.10. The second-order valence-electron chi connectivity index (χ2n) is 6.94. The van der Waals surface area contributed by atoms with Crippen molar-refractivity contribution in [1.82, 2.24) is 5.01 Å². The van der Waals surface area contributed by atoms with Gasteiger partial charge in [0.2, 0.25) is 12.7 Å². The molecule has 30 heavy (non-hydrogen) atoms. The molecule has 1 N–H and O–H groups in total. The lowest BCUT2D eigenvalue weighted by Crippen LogP contribution is -2.56. The fraction of sp³-hybridized carbons (Fsp3) is 0.300. The lowest BCUT2D eigenvalue weighted by atomic mass is 10.0. The highest BCUT2D eigenvalue weighted by Crippen LogP contribution is 2.42. The van der Waals surface area contributed by atoms with Gasteiger partial charge in [-0.2, -0.15) is 23.3 Å². The Hall–Kier alpha value is -2.59. The third-order valence-electron chi connectivity index (χ3n) is 4.92. The highest BCUT2D eigenvalue weighted by atomic mass is 79.9. The predicted octanol–water partition coefficient (Wildman–Crippen LogP) is 4.00. The summed E-state index contributed by atoms with van der Waals surface area (Å²) in [7, 11) is 0. The largest absolute Gasteiger partial charge is 0.454 e. The van der Waals surface area contributed by atoms with Crippen molar-refractivity contribution in [2.75, 3.05) is 6.79 Å². The summed E-state index contributed by atoms with van der Waals surface area (Å²) < 4.78 is 52.2. The number of alkyl halides is 3. The second-order valence-corrected chi connectivity index (χ2v) is 7.85. The van der Waals surface area contributed by atoms with E-state index >= 15 is 0 Å². The molecule has 0 radical (unpaired) electrons. The Morgan fingerprint density at radius 2 is 1.87 bits per heavy atom. The number of hydrazone groups is 1. The van der Waals surface area contributed by atoms with Crippen LogP contribution in [0.25, 0.3) is 0 Å². The summed E-state index contributed by atoms with van der Waals surface area (Å²) in [6, 6.07) is 11.5. The summed E-state index contributed by atoms with van der Waals surface area (Å²) in [4.78, 5) is 12.6. The minimum Gasteiger partial charge on any atom is -0.454 e. The van der Waals surface area contributed by atoms with Gasteiger partial charge in [-0.25, -0.2) is 0 Å². The highest BCUT2D eigenvalue weighted by Gasteiger charge is 2.63. The predicted molar refractivity (Wildman–Crippen MR) is 104 cm³/mol. The number of aliphatic hydroxyl groups is 1. The number of fused-ring (bicyclic) bond motifs is 1. The van der Waals surface area contributed by atoms with Crippen LogP contribution in [0.3, 0.4) is 0 Å². The maximum atomic E-state index is 13.7. The van der Waals surface area contributed by atoms with Crippen molar-refractivity contribution < 1.29 is 32.5 Å². The van der Waals surface area contributed by atoms with Crippen LogP contribution in [0.2, 0.25) is 0 Å². The van der Waals surface area contributed by atoms with Gasteiger partial charge < -0.3 is 14.6 Å². The van der Waals surface area contributed by atoms with Crippen LogP contribution in [-0.2, 0) is 11.2 Å². The fourth-order valence-electron chi connectivity index (χ4n) is 3.29. The van der Waals surface area contributed by atoms with E-state index < -0.39 is 24.2 Å². The van der Waals surface area contributed by atoms with E-state index in [0.717, 1.165) is 4.47 Å². The van der Waals surface area contributed by atoms with E-state index in [1.165, 1.54) is 0 Å². The van der Waals surface area contributed by atoms with Crippen LogP contribution in [0, 0.1) is 0 Å². The summed E-state index contributed by atoms with van der Waals surface area (Å²) in [6.07, 6.45) is -6.02. The van der Waals surface area contributed by atoms with Crippen molar-refractivity contribution in [2.45, 2.75) is 31.2 Å². The third-order valence-corrected chi connectivity index (χ3v) is 5.45. The summed E-state index contributed by atoms with van der Waals surface area (Å²) in [5.74, 6) is 0.155. The number of hydrogen-bond acceptors (Lipinski definition) is 5. The number of halogens is 4. The Kier molecular flexibility index (Phi) is 5.23. The number of ether oxygens (including phenoxy) is 2. The molecule has 1 atom stereocenters. The first-order valence-electron chi connectivity index (χ1n) is 9.01. The molecule has 0 saturated heterocycles. The van der Waals surface area contributed by atoms with Crippen molar-refractivity contribution in [3.63, 3.8) is 0 Å². The van der Waals surface area contributed by atoms with Crippen molar-refractivity contribution in [3.05, 3.63) is 58.1 Å². The molecule has 0 saturated carbocycles. The monoisotopic (exact) mass is 484 g/mol. The lowest BCUT2D eigenvalue weighted by Gasteiger charge is -2.32. The molecule has 0 spiro atoms. The number of aryl methyl sites for hydroxylation is 1. The fourth-order valence-corrected chi connectivity index (χ4v) is 3.55. The van der Waals surface area contributed by atoms with Gasteiger partial charge in [-0.15, -0.1) is 0 Å². The Labute approximate surface area is 178 Å². The number of nitrogens with zero attached hydrogens (tertiary/aromatic N) is 2. The van der Waals surface area contributed by atoms with E-state index in [4.69, 9.17) is 9.47 Å². The van der Waals surface area contributed by atoms with E-state index in [2.05, 4.69) is 21.0 Å². The topological polar surface area (TPSA) is 71.4 Å². The molecule has 0 unspecified atom stereocenters. The molecule has 0 aliphatic carbocycles.